The van der Waals surface area contributed by atoms with Gasteiger partial charge in [0.05, 0.1) is 12.1 Å². The molecule has 2 N–H and O–H groups in total. The van der Waals surface area contributed by atoms with Crippen molar-refractivity contribution in [2.75, 3.05) is 13.1 Å². The van der Waals surface area contributed by atoms with Gasteiger partial charge in [-0.3, -0.25) is 9.69 Å². The van der Waals surface area contributed by atoms with E-state index in [9.17, 15) is 4.79 Å². The first-order valence-electron chi connectivity index (χ1n) is 4.16. The molecule has 12 heavy (non-hydrogen) atoms. The Kier molecular flexibility index (Phi) is 3.06. The molecule has 1 atom stereocenters. The summed E-state index contributed by atoms with van der Waals surface area (Å²) in [5, 5.41) is 8.36. The number of likely N-dealkylation sites (tertiary alicyclic amines) is 1. The summed E-state index contributed by atoms with van der Waals surface area (Å²) in [6.07, 6.45) is 2.34. The number of hydrogen-bond donors (Lipinski definition) is 1. The third-order valence-electron chi connectivity index (χ3n) is 2.20. The van der Waals surface area contributed by atoms with Crippen LogP contribution in [0.25, 0.3) is 0 Å². The number of carbonyl (C=O) groups is 1. The van der Waals surface area contributed by atoms with Crippen LogP contribution in [0.4, 0.5) is 0 Å². The van der Waals surface area contributed by atoms with Crippen molar-refractivity contribution in [3.05, 3.63) is 0 Å². The summed E-state index contributed by atoms with van der Waals surface area (Å²) in [6.45, 7) is 1.57. The summed E-state index contributed by atoms with van der Waals surface area (Å²) in [7, 11) is 0. The van der Waals surface area contributed by atoms with Crippen molar-refractivity contribution in [2.24, 2.45) is 5.73 Å². The zero-order valence-electron chi connectivity index (χ0n) is 6.99. The minimum atomic E-state index is -0.259. The molecule has 0 aliphatic carbocycles. The van der Waals surface area contributed by atoms with Gasteiger partial charge < -0.3 is 5.73 Å². The fourth-order valence-corrected chi connectivity index (χ4v) is 1.61. The average Bonchev–Trinajstić information content (AvgIpc) is 2.48. The normalized spacial score (nSPS) is 23.8. The molecule has 1 saturated heterocycles. The molecule has 1 amide bonds. The average molecular weight is 167 g/mol. The molecule has 66 valence electrons. The highest BCUT2D eigenvalue weighted by molar-refractivity contribution is 5.80. The Morgan fingerprint density at radius 1 is 1.75 bits per heavy atom. The largest absolute Gasteiger partial charge is 0.368 e. The summed E-state index contributed by atoms with van der Waals surface area (Å²) in [5.74, 6) is -0.259. The van der Waals surface area contributed by atoms with E-state index in [1.54, 1.807) is 0 Å². The van der Waals surface area contributed by atoms with E-state index < -0.39 is 0 Å². The number of rotatable bonds is 3. The van der Waals surface area contributed by atoms with Crippen molar-refractivity contribution in [3.63, 3.8) is 0 Å². The predicted molar refractivity (Wildman–Crippen MR) is 44.0 cm³/mol. The molecule has 0 bridgehead atoms. The summed E-state index contributed by atoms with van der Waals surface area (Å²) >= 11 is 0. The molecule has 1 rings (SSSR count). The van der Waals surface area contributed by atoms with Crippen LogP contribution < -0.4 is 5.73 Å². The first-order valence-corrected chi connectivity index (χ1v) is 4.16. The van der Waals surface area contributed by atoms with Crippen molar-refractivity contribution < 1.29 is 4.79 Å². The van der Waals surface area contributed by atoms with Gasteiger partial charge in [0.25, 0.3) is 0 Å². The Morgan fingerprint density at radius 3 is 3.08 bits per heavy atom. The van der Waals surface area contributed by atoms with Gasteiger partial charge in [-0.15, -0.1) is 0 Å². The van der Waals surface area contributed by atoms with E-state index in [1.807, 2.05) is 4.90 Å². The van der Waals surface area contributed by atoms with Crippen LogP contribution >= 0.6 is 0 Å². The number of carbonyl (C=O) groups excluding carboxylic acids is 1. The van der Waals surface area contributed by atoms with E-state index in [1.165, 1.54) is 0 Å². The maximum atomic E-state index is 10.9. The van der Waals surface area contributed by atoms with Crippen LogP contribution in [0, 0.1) is 11.3 Å². The minimum absolute atomic E-state index is 0.127. The molecule has 1 unspecified atom stereocenters. The lowest BCUT2D eigenvalue weighted by Crippen LogP contribution is -2.40. The lowest BCUT2D eigenvalue weighted by atomic mass is 10.2. The summed E-state index contributed by atoms with van der Waals surface area (Å²) in [5.41, 5.74) is 5.20. The van der Waals surface area contributed by atoms with Crippen LogP contribution in [0.2, 0.25) is 0 Å². The highest BCUT2D eigenvalue weighted by atomic mass is 16.1. The molecule has 4 heteroatoms. The Balaban J connectivity index is 2.42. The molecule has 4 nitrogen and oxygen atoms in total. The zero-order chi connectivity index (χ0) is 8.97. The van der Waals surface area contributed by atoms with Gasteiger partial charge in [0.1, 0.15) is 0 Å². The van der Waals surface area contributed by atoms with Crippen molar-refractivity contribution in [2.45, 2.75) is 25.3 Å². The smallest absolute Gasteiger partial charge is 0.234 e. The summed E-state index contributed by atoms with van der Waals surface area (Å²) in [4.78, 5) is 12.9. The van der Waals surface area contributed by atoms with E-state index in [2.05, 4.69) is 6.07 Å². The second-order valence-electron chi connectivity index (χ2n) is 3.00. The summed E-state index contributed by atoms with van der Waals surface area (Å²) < 4.78 is 0. The van der Waals surface area contributed by atoms with Crippen LogP contribution in [-0.4, -0.2) is 29.9 Å². The third-order valence-corrected chi connectivity index (χ3v) is 2.20. The Labute approximate surface area is 71.9 Å². The fraction of sp³-hybridized carbons (Fsp3) is 0.750. The van der Waals surface area contributed by atoms with Crippen molar-refractivity contribution >= 4 is 5.91 Å². The fourth-order valence-electron chi connectivity index (χ4n) is 1.61. The van der Waals surface area contributed by atoms with Crippen LogP contribution in [-0.2, 0) is 4.79 Å². The maximum absolute atomic E-state index is 10.9. The Hall–Kier alpha value is -1.08. The monoisotopic (exact) mass is 167 g/mol. The van der Waals surface area contributed by atoms with E-state index in [0.29, 0.717) is 13.0 Å². The van der Waals surface area contributed by atoms with Gasteiger partial charge in [-0.1, -0.05) is 0 Å². The Morgan fingerprint density at radius 2 is 2.50 bits per heavy atom. The van der Waals surface area contributed by atoms with Gasteiger partial charge in [-0.2, -0.15) is 5.26 Å². The highest BCUT2D eigenvalue weighted by Gasteiger charge is 2.27. The lowest BCUT2D eigenvalue weighted by molar-refractivity contribution is -0.122. The van der Waals surface area contributed by atoms with Gasteiger partial charge in [0, 0.05) is 13.0 Å². The topological polar surface area (TPSA) is 70.1 Å². The maximum Gasteiger partial charge on any atom is 0.234 e. The minimum Gasteiger partial charge on any atom is -0.368 e. The molecule has 0 aromatic rings. The van der Waals surface area contributed by atoms with Crippen LogP contribution in [0.3, 0.4) is 0 Å². The number of primary amides is 1. The quantitative estimate of drug-likeness (QED) is 0.635. The van der Waals surface area contributed by atoms with Crippen LogP contribution in [0.5, 0.6) is 0 Å². The lowest BCUT2D eigenvalue weighted by Gasteiger charge is -2.19. The number of hydrogen-bond acceptors (Lipinski definition) is 3. The third kappa shape index (κ3) is 1.95. The predicted octanol–water partition coefficient (Wildman–Crippen LogP) is -0.150. The van der Waals surface area contributed by atoms with Crippen molar-refractivity contribution in [3.8, 4) is 6.07 Å². The van der Waals surface area contributed by atoms with Gasteiger partial charge in [-0.05, 0) is 19.4 Å². The Bertz CT molecular complexity index is 209. The van der Waals surface area contributed by atoms with Crippen molar-refractivity contribution in [1.29, 1.82) is 5.26 Å². The first kappa shape index (κ1) is 9.01. The summed E-state index contributed by atoms with van der Waals surface area (Å²) in [6, 6.07) is 1.93. The molecule has 1 aliphatic rings. The molecular weight excluding hydrogens is 154 g/mol. The molecule has 1 aliphatic heterocycles. The molecule has 0 aromatic carbocycles. The van der Waals surface area contributed by atoms with Gasteiger partial charge >= 0.3 is 0 Å². The molecule has 0 radical (unpaired) electrons. The molecule has 1 heterocycles. The van der Waals surface area contributed by atoms with E-state index in [-0.39, 0.29) is 11.9 Å². The SMILES string of the molecule is N#CCCN1CCCC1C(N)=O. The van der Waals surface area contributed by atoms with Crippen LogP contribution in [0.15, 0.2) is 0 Å². The van der Waals surface area contributed by atoms with Gasteiger partial charge in [0.15, 0.2) is 0 Å². The number of nitrogens with zero attached hydrogens (tertiary/aromatic N) is 2. The number of nitrogens with two attached hydrogens (primary N) is 1. The first-order chi connectivity index (χ1) is 5.75. The van der Waals surface area contributed by atoms with E-state index >= 15 is 0 Å². The second-order valence-corrected chi connectivity index (χ2v) is 3.00. The second kappa shape index (κ2) is 4.07. The zero-order valence-corrected chi connectivity index (χ0v) is 6.99. The molecular formula is C8H13N3O. The number of nitriles is 1. The van der Waals surface area contributed by atoms with E-state index in [4.69, 9.17) is 11.0 Å². The standard InChI is InChI=1S/C8H13N3O/c9-4-2-6-11-5-1-3-7(11)8(10)12/h7H,1-3,5-6H2,(H2,10,12). The van der Waals surface area contributed by atoms with Gasteiger partial charge in [0.2, 0.25) is 5.91 Å². The van der Waals surface area contributed by atoms with E-state index in [0.717, 1.165) is 19.4 Å². The van der Waals surface area contributed by atoms with Crippen molar-refractivity contribution in [1.82, 2.24) is 4.90 Å². The highest BCUT2D eigenvalue weighted by Crippen LogP contribution is 2.16. The molecule has 1 fully saturated rings. The molecule has 0 spiro atoms. The van der Waals surface area contributed by atoms with Crippen LogP contribution in [0.1, 0.15) is 19.3 Å². The molecule has 0 saturated carbocycles. The van der Waals surface area contributed by atoms with Gasteiger partial charge in [-0.25, -0.2) is 0 Å². The molecule has 0 aromatic heterocycles. The number of amides is 1.